The van der Waals surface area contributed by atoms with Crippen LogP contribution in [0.4, 0.5) is 5.13 Å². The maximum Gasteiger partial charge on any atom is 0.264 e. The first-order valence-electron chi connectivity index (χ1n) is 9.69. The summed E-state index contributed by atoms with van der Waals surface area (Å²) in [5.41, 5.74) is 3.01. The number of ether oxygens (including phenoxy) is 2. The van der Waals surface area contributed by atoms with E-state index in [1.54, 1.807) is 6.07 Å². The highest BCUT2D eigenvalue weighted by molar-refractivity contribution is 7.13. The second-order valence-electron chi connectivity index (χ2n) is 6.88. The molecule has 8 heteroatoms. The SMILES string of the molecule is O=C(COc1ccc(-c2ccccc2)cc1Cl)Nc1nc(CN2CCOCC2)cs1. The Kier molecular flexibility index (Phi) is 6.96. The smallest absolute Gasteiger partial charge is 0.264 e. The van der Waals surface area contributed by atoms with Crippen LogP contribution in [0.5, 0.6) is 5.75 Å². The van der Waals surface area contributed by atoms with Crippen molar-refractivity contribution in [3.05, 3.63) is 64.6 Å². The number of aromatic nitrogens is 1. The van der Waals surface area contributed by atoms with Crippen LogP contribution in [-0.4, -0.2) is 48.7 Å². The molecule has 30 heavy (non-hydrogen) atoms. The van der Waals surface area contributed by atoms with Crippen LogP contribution in [-0.2, 0) is 16.1 Å². The highest BCUT2D eigenvalue weighted by Gasteiger charge is 2.14. The summed E-state index contributed by atoms with van der Waals surface area (Å²) in [5, 5.41) is 5.78. The summed E-state index contributed by atoms with van der Waals surface area (Å²) in [7, 11) is 0. The molecular weight excluding hydrogens is 422 g/mol. The highest BCUT2D eigenvalue weighted by Crippen LogP contribution is 2.30. The summed E-state index contributed by atoms with van der Waals surface area (Å²) in [4.78, 5) is 19.0. The van der Waals surface area contributed by atoms with E-state index in [-0.39, 0.29) is 12.5 Å². The van der Waals surface area contributed by atoms with Gasteiger partial charge in [0.15, 0.2) is 11.7 Å². The summed E-state index contributed by atoms with van der Waals surface area (Å²) < 4.78 is 11.0. The third-order valence-electron chi connectivity index (χ3n) is 4.69. The number of benzene rings is 2. The largest absolute Gasteiger partial charge is 0.482 e. The van der Waals surface area contributed by atoms with Crippen LogP contribution >= 0.6 is 22.9 Å². The number of rotatable bonds is 7. The molecule has 156 valence electrons. The number of carbonyl (C=O) groups is 1. The Labute approximate surface area is 184 Å². The monoisotopic (exact) mass is 443 g/mol. The molecule has 0 saturated carbocycles. The van der Waals surface area contributed by atoms with Gasteiger partial charge in [0, 0.05) is 25.0 Å². The predicted octanol–water partition coefficient (Wildman–Crippen LogP) is 4.31. The Bertz CT molecular complexity index is 990. The van der Waals surface area contributed by atoms with Gasteiger partial charge >= 0.3 is 0 Å². The normalized spacial score (nSPS) is 14.4. The molecule has 0 atom stereocenters. The summed E-state index contributed by atoms with van der Waals surface area (Å²) in [6.45, 7) is 3.92. The quantitative estimate of drug-likeness (QED) is 0.589. The van der Waals surface area contributed by atoms with Crippen LogP contribution in [0.25, 0.3) is 11.1 Å². The lowest BCUT2D eigenvalue weighted by Crippen LogP contribution is -2.35. The number of nitrogens with one attached hydrogen (secondary N) is 1. The first-order valence-corrected chi connectivity index (χ1v) is 11.0. The van der Waals surface area contributed by atoms with Gasteiger partial charge in [-0.3, -0.25) is 15.0 Å². The second kappa shape index (κ2) is 10.0. The Balaban J connectivity index is 1.28. The molecule has 2 heterocycles. The van der Waals surface area contributed by atoms with Gasteiger partial charge in [-0.2, -0.15) is 0 Å². The van der Waals surface area contributed by atoms with Crippen molar-refractivity contribution in [1.29, 1.82) is 0 Å². The number of hydrogen-bond donors (Lipinski definition) is 1. The number of morpholine rings is 1. The molecule has 3 aromatic rings. The van der Waals surface area contributed by atoms with E-state index >= 15 is 0 Å². The maximum atomic E-state index is 12.2. The summed E-state index contributed by atoms with van der Waals surface area (Å²) in [6, 6.07) is 15.5. The average molecular weight is 444 g/mol. The number of carbonyl (C=O) groups excluding carboxylic acids is 1. The number of hydrogen-bond acceptors (Lipinski definition) is 6. The molecule has 4 rings (SSSR count). The van der Waals surface area contributed by atoms with Crippen LogP contribution in [0.3, 0.4) is 0 Å². The summed E-state index contributed by atoms with van der Waals surface area (Å²) in [6.07, 6.45) is 0. The van der Waals surface area contributed by atoms with Gasteiger partial charge in [-0.25, -0.2) is 4.98 Å². The van der Waals surface area contributed by atoms with Gasteiger partial charge in [0.05, 0.1) is 23.9 Å². The number of halogens is 1. The fourth-order valence-electron chi connectivity index (χ4n) is 3.15. The Morgan fingerprint density at radius 2 is 1.97 bits per heavy atom. The molecule has 1 aromatic heterocycles. The van der Waals surface area contributed by atoms with Gasteiger partial charge in [-0.15, -0.1) is 11.3 Å². The molecule has 1 fully saturated rings. The fraction of sp³-hybridized carbons (Fsp3) is 0.273. The van der Waals surface area contributed by atoms with E-state index in [1.165, 1.54) is 11.3 Å². The zero-order chi connectivity index (χ0) is 20.8. The number of amides is 1. The second-order valence-corrected chi connectivity index (χ2v) is 8.15. The number of anilines is 1. The first-order chi connectivity index (χ1) is 14.7. The van der Waals surface area contributed by atoms with Crippen molar-refractivity contribution in [2.45, 2.75) is 6.54 Å². The lowest BCUT2D eigenvalue weighted by molar-refractivity contribution is -0.118. The molecule has 0 bridgehead atoms. The van der Waals surface area contributed by atoms with Crippen LogP contribution in [0.15, 0.2) is 53.9 Å². The average Bonchev–Trinajstić information content (AvgIpc) is 3.20. The van der Waals surface area contributed by atoms with Crippen LogP contribution in [0, 0.1) is 0 Å². The lowest BCUT2D eigenvalue weighted by Gasteiger charge is -2.25. The fourth-order valence-corrected chi connectivity index (χ4v) is 4.10. The first kappa shape index (κ1) is 20.8. The molecule has 1 aliphatic heterocycles. The molecule has 1 saturated heterocycles. The zero-order valence-corrected chi connectivity index (χ0v) is 17.9. The molecular formula is C22H22ClN3O3S. The minimum absolute atomic E-state index is 0.136. The Morgan fingerprint density at radius 3 is 2.73 bits per heavy atom. The molecule has 2 aromatic carbocycles. The lowest BCUT2D eigenvalue weighted by atomic mass is 10.1. The Hall–Kier alpha value is -2.45. The van der Waals surface area contributed by atoms with Crippen LogP contribution in [0.2, 0.25) is 5.02 Å². The standard InChI is InChI=1S/C22H22ClN3O3S/c23-19-12-17(16-4-2-1-3-5-16)6-7-20(19)29-14-21(27)25-22-24-18(15-30-22)13-26-8-10-28-11-9-26/h1-7,12,15H,8-11,13-14H2,(H,24,25,27). The van der Waals surface area contributed by atoms with Crippen molar-refractivity contribution in [2.24, 2.45) is 0 Å². The molecule has 0 unspecified atom stereocenters. The third kappa shape index (κ3) is 5.58. The van der Waals surface area contributed by atoms with Gasteiger partial charge < -0.3 is 9.47 Å². The van der Waals surface area contributed by atoms with E-state index < -0.39 is 0 Å². The topological polar surface area (TPSA) is 63.7 Å². The van der Waals surface area contributed by atoms with E-state index in [2.05, 4.69) is 15.2 Å². The van der Waals surface area contributed by atoms with Gasteiger partial charge in [0.1, 0.15) is 5.75 Å². The summed E-state index contributed by atoms with van der Waals surface area (Å²) >= 11 is 7.75. The molecule has 1 N–H and O–H groups in total. The van der Waals surface area contributed by atoms with E-state index in [1.807, 2.05) is 47.8 Å². The van der Waals surface area contributed by atoms with Crippen LogP contribution < -0.4 is 10.1 Å². The van der Waals surface area contributed by atoms with E-state index in [0.29, 0.717) is 15.9 Å². The van der Waals surface area contributed by atoms with E-state index in [0.717, 1.165) is 49.7 Å². The van der Waals surface area contributed by atoms with Crippen molar-refractivity contribution in [3.63, 3.8) is 0 Å². The maximum absolute atomic E-state index is 12.2. The van der Waals surface area contributed by atoms with Crippen molar-refractivity contribution in [2.75, 3.05) is 38.2 Å². The van der Waals surface area contributed by atoms with Gasteiger partial charge in [-0.05, 0) is 23.3 Å². The molecule has 6 nitrogen and oxygen atoms in total. The molecule has 1 aliphatic rings. The molecule has 0 spiro atoms. The van der Waals surface area contributed by atoms with E-state index in [9.17, 15) is 4.79 Å². The minimum Gasteiger partial charge on any atom is -0.482 e. The van der Waals surface area contributed by atoms with Gasteiger partial charge in [0.2, 0.25) is 0 Å². The summed E-state index contributed by atoms with van der Waals surface area (Å²) in [5.74, 6) is 0.198. The Morgan fingerprint density at radius 1 is 1.17 bits per heavy atom. The number of nitrogens with zero attached hydrogens (tertiary/aromatic N) is 2. The molecule has 0 aliphatic carbocycles. The van der Waals surface area contributed by atoms with Crippen molar-refractivity contribution in [1.82, 2.24) is 9.88 Å². The van der Waals surface area contributed by atoms with Gasteiger partial charge in [0.25, 0.3) is 5.91 Å². The highest BCUT2D eigenvalue weighted by atomic mass is 35.5. The van der Waals surface area contributed by atoms with Crippen molar-refractivity contribution >= 4 is 34.0 Å². The number of thiazole rings is 1. The van der Waals surface area contributed by atoms with E-state index in [4.69, 9.17) is 21.1 Å². The third-order valence-corrected chi connectivity index (χ3v) is 5.79. The molecule has 1 amide bonds. The van der Waals surface area contributed by atoms with Crippen LogP contribution in [0.1, 0.15) is 5.69 Å². The molecule has 0 radical (unpaired) electrons. The van der Waals surface area contributed by atoms with Gasteiger partial charge in [-0.1, -0.05) is 48.0 Å². The van der Waals surface area contributed by atoms with Crippen molar-refractivity contribution < 1.29 is 14.3 Å². The zero-order valence-electron chi connectivity index (χ0n) is 16.3. The predicted molar refractivity (Wildman–Crippen MR) is 119 cm³/mol. The minimum atomic E-state index is -0.273. The van der Waals surface area contributed by atoms with Crippen molar-refractivity contribution in [3.8, 4) is 16.9 Å².